The van der Waals surface area contributed by atoms with E-state index in [9.17, 15) is 5.11 Å². The van der Waals surface area contributed by atoms with Crippen molar-refractivity contribution in [1.82, 2.24) is 10.3 Å². The van der Waals surface area contributed by atoms with Crippen LogP contribution in [0.2, 0.25) is 0 Å². The van der Waals surface area contributed by atoms with Crippen molar-refractivity contribution in [2.75, 3.05) is 12.1 Å². The number of halogens is 1. The van der Waals surface area contributed by atoms with Gasteiger partial charge in [0.15, 0.2) is 0 Å². The molecule has 0 unspecified atom stereocenters. The van der Waals surface area contributed by atoms with Gasteiger partial charge in [0.05, 0.1) is 18.5 Å². The summed E-state index contributed by atoms with van der Waals surface area (Å²) in [5.41, 5.74) is 7.02. The molecule has 150 valence electrons. The van der Waals surface area contributed by atoms with Crippen LogP contribution < -0.4 is 25.6 Å². The zero-order valence-electron chi connectivity index (χ0n) is 16.3. The lowest BCUT2D eigenvalue weighted by atomic mass is 10.1. The molecule has 6 heteroatoms. The molecule has 2 heterocycles. The lowest BCUT2D eigenvalue weighted by Crippen LogP contribution is -2.40. The standard InChI is InChI=1S/C24H20BrN3O2/c1-30-20-12-6-16(7-13-20)14-27-15-17-4-2-3-5-21(17)22-23(27)24(29)28(26-22)19-10-8-18(25)9-11-19/h2-13,15,26,29H,14H2,1H3. The van der Waals surface area contributed by atoms with E-state index in [2.05, 4.69) is 44.6 Å². The topological polar surface area (TPSA) is 48.0 Å². The highest BCUT2D eigenvalue weighted by Crippen LogP contribution is 2.32. The van der Waals surface area contributed by atoms with Gasteiger partial charge in [0.2, 0.25) is 5.88 Å². The smallest absolute Gasteiger partial charge is 0.237 e. The maximum absolute atomic E-state index is 11.2. The molecule has 3 aromatic carbocycles. The van der Waals surface area contributed by atoms with Gasteiger partial charge in [-0.05, 0) is 42.0 Å². The molecule has 0 amide bonds. The summed E-state index contributed by atoms with van der Waals surface area (Å²) in [5.74, 6) is 0.997. The third kappa shape index (κ3) is 3.19. The zero-order valence-corrected chi connectivity index (χ0v) is 17.9. The van der Waals surface area contributed by atoms with Crippen LogP contribution in [-0.4, -0.2) is 17.1 Å². The molecular formula is C24H20BrN3O2. The summed E-state index contributed by atoms with van der Waals surface area (Å²) < 4.78 is 6.26. The number of methoxy groups -OCH3 is 1. The minimum absolute atomic E-state index is 0.173. The zero-order chi connectivity index (χ0) is 20.7. The van der Waals surface area contributed by atoms with Crippen LogP contribution in [0, 0.1) is 0 Å². The van der Waals surface area contributed by atoms with Gasteiger partial charge >= 0.3 is 0 Å². The van der Waals surface area contributed by atoms with E-state index in [1.54, 1.807) is 12.1 Å². The van der Waals surface area contributed by atoms with Crippen LogP contribution in [0.15, 0.2) is 88.8 Å². The molecule has 0 aliphatic carbocycles. The fourth-order valence-corrected chi connectivity index (χ4v) is 4.06. The van der Waals surface area contributed by atoms with Crippen molar-refractivity contribution in [3.63, 3.8) is 0 Å². The quantitative estimate of drug-likeness (QED) is 0.621. The average molecular weight is 462 g/mol. The molecule has 0 saturated carbocycles. The Morgan fingerprint density at radius 3 is 2.43 bits per heavy atom. The Bertz CT molecular complexity index is 1250. The lowest BCUT2D eigenvalue weighted by Gasteiger charge is -2.25. The summed E-state index contributed by atoms with van der Waals surface area (Å²) in [6.45, 7) is 0.622. The first-order valence-corrected chi connectivity index (χ1v) is 10.4. The maximum atomic E-state index is 11.2. The molecule has 0 aromatic heterocycles. The van der Waals surface area contributed by atoms with Gasteiger partial charge in [-0.3, -0.25) is 5.43 Å². The van der Waals surface area contributed by atoms with Crippen LogP contribution in [-0.2, 0) is 6.54 Å². The minimum Gasteiger partial charge on any atom is -0.497 e. The monoisotopic (exact) mass is 461 g/mol. The van der Waals surface area contributed by atoms with Crippen molar-refractivity contribution < 1.29 is 9.84 Å². The number of rotatable bonds is 4. The first-order valence-electron chi connectivity index (χ1n) is 9.61. The van der Waals surface area contributed by atoms with Crippen LogP contribution in [0.3, 0.4) is 0 Å². The van der Waals surface area contributed by atoms with Gasteiger partial charge in [0, 0.05) is 27.7 Å². The molecule has 0 radical (unpaired) electrons. The van der Waals surface area contributed by atoms with Crippen LogP contribution in [0.25, 0.3) is 11.9 Å². The van der Waals surface area contributed by atoms with Crippen LogP contribution in [0.4, 0.5) is 5.69 Å². The third-order valence-electron chi connectivity index (χ3n) is 5.29. The van der Waals surface area contributed by atoms with E-state index in [1.165, 1.54) is 0 Å². The molecule has 0 bridgehead atoms. The summed E-state index contributed by atoms with van der Waals surface area (Å²) in [5, 5.41) is 15.1. The number of aliphatic hydroxyl groups is 1. The molecule has 0 atom stereocenters. The average Bonchev–Trinajstić information content (AvgIpc) is 3.13. The summed E-state index contributed by atoms with van der Waals surface area (Å²) in [7, 11) is 1.66. The molecule has 2 aliphatic heterocycles. The van der Waals surface area contributed by atoms with Crippen LogP contribution in [0.5, 0.6) is 5.75 Å². The molecule has 0 fully saturated rings. The van der Waals surface area contributed by atoms with Gasteiger partial charge in [0.25, 0.3) is 0 Å². The maximum Gasteiger partial charge on any atom is 0.237 e. The Hall–Kier alpha value is -3.38. The van der Waals surface area contributed by atoms with Gasteiger partial charge in [-0.25, -0.2) is 5.01 Å². The summed E-state index contributed by atoms with van der Waals surface area (Å²) in [6.07, 6.45) is 2.08. The first kappa shape index (κ1) is 18.6. The Morgan fingerprint density at radius 2 is 1.70 bits per heavy atom. The fraction of sp³-hybridized carbons (Fsp3) is 0.0833. The van der Waals surface area contributed by atoms with Gasteiger partial charge < -0.3 is 14.7 Å². The summed E-state index contributed by atoms with van der Waals surface area (Å²) >= 11 is 3.47. The number of hydrogen-bond donors (Lipinski definition) is 2. The molecule has 2 aliphatic rings. The van der Waals surface area contributed by atoms with Crippen molar-refractivity contribution in [2.45, 2.75) is 6.54 Å². The number of aliphatic hydroxyl groups excluding tert-OH is 1. The number of fused-ring (bicyclic) bond motifs is 2. The number of nitrogens with one attached hydrogen (secondary N) is 1. The number of hydrogen-bond acceptors (Lipinski definition) is 5. The normalized spacial score (nSPS) is 14.8. The van der Waals surface area contributed by atoms with E-state index in [0.29, 0.717) is 6.54 Å². The van der Waals surface area contributed by atoms with E-state index in [0.717, 1.165) is 43.3 Å². The van der Waals surface area contributed by atoms with Gasteiger partial charge in [0.1, 0.15) is 11.4 Å². The van der Waals surface area contributed by atoms with Crippen LogP contribution in [0.1, 0.15) is 5.56 Å². The second-order valence-corrected chi connectivity index (χ2v) is 8.08. The second-order valence-electron chi connectivity index (χ2n) is 7.16. The lowest BCUT2D eigenvalue weighted by molar-refractivity contribution is 0.367. The van der Waals surface area contributed by atoms with Crippen molar-refractivity contribution in [2.24, 2.45) is 0 Å². The second kappa shape index (κ2) is 7.46. The third-order valence-corrected chi connectivity index (χ3v) is 5.82. The van der Waals surface area contributed by atoms with Crippen molar-refractivity contribution in [3.8, 4) is 5.75 Å². The number of hydrazine groups is 1. The highest BCUT2D eigenvalue weighted by molar-refractivity contribution is 9.10. The van der Waals surface area contributed by atoms with E-state index >= 15 is 0 Å². The van der Waals surface area contributed by atoms with Crippen molar-refractivity contribution >= 4 is 33.5 Å². The van der Waals surface area contributed by atoms with E-state index in [4.69, 9.17) is 4.74 Å². The number of ether oxygens (including phenoxy) is 1. The van der Waals surface area contributed by atoms with Gasteiger partial charge in [-0.1, -0.05) is 52.3 Å². The Morgan fingerprint density at radius 1 is 0.967 bits per heavy atom. The molecular weight excluding hydrogens is 442 g/mol. The predicted molar refractivity (Wildman–Crippen MR) is 122 cm³/mol. The van der Waals surface area contributed by atoms with Gasteiger partial charge in [-0.15, -0.1) is 0 Å². The Balaban J connectivity index is 1.60. The van der Waals surface area contributed by atoms with Gasteiger partial charge in [-0.2, -0.15) is 0 Å². The van der Waals surface area contributed by atoms with E-state index in [1.807, 2.05) is 60.7 Å². The molecule has 3 aromatic rings. The summed E-state index contributed by atoms with van der Waals surface area (Å²) in [4.78, 5) is 2.08. The Kier molecular flexibility index (Phi) is 4.64. The molecule has 2 N–H and O–H groups in total. The highest BCUT2D eigenvalue weighted by Gasteiger charge is 2.33. The first-order chi connectivity index (χ1) is 14.6. The fourth-order valence-electron chi connectivity index (χ4n) is 3.79. The molecule has 0 spiro atoms. The van der Waals surface area contributed by atoms with E-state index < -0.39 is 0 Å². The molecule has 5 nitrogen and oxygen atoms in total. The number of benzene rings is 3. The summed E-state index contributed by atoms with van der Waals surface area (Å²) in [6, 6.07) is 24.0. The van der Waals surface area contributed by atoms with Crippen molar-refractivity contribution in [1.29, 1.82) is 0 Å². The molecule has 5 rings (SSSR count). The minimum atomic E-state index is 0.173. The largest absolute Gasteiger partial charge is 0.497 e. The molecule has 0 saturated heterocycles. The number of anilines is 1. The predicted octanol–water partition coefficient (Wildman–Crippen LogP) is 3.57. The number of nitrogens with zero attached hydrogens (tertiary/aromatic N) is 2. The highest BCUT2D eigenvalue weighted by atomic mass is 79.9. The van der Waals surface area contributed by atoms with Crippen molar-refractivity contribution in [3.05, 3.63) is 105 Å². The van der Waals surface area contributed by atoms with E-state index in [-0.39, 0.29) is 5.88 Å². The SMILES string of the molecule is COc1ccc(CN2C=c3ccccc3=C3NN(c4ccc(Br)cc4)C(O)=C32)cc1. The van der Waals surface area contributed by atoms with Crippen LogP contribution >= 0.6 is 15.9 Å². The molecule has 30 heavy (non-hydrogen) atoms. The Labute approximate surface area is 182 Å².